The number of urea groups is 1. The monoisotopic (exact) mass is 726 g/mol. The third-order valence-corrected chi connectivity index (χ3v) is 12.1. The van der Waals surface area contributed by atoms with Crippen LogP contribution in [0.15, 0.2) is 36.4 Å². The van der Waals surface area contributed by atoms with E-state index in [1.54, 1.807) is 4.90 Å². The second-order valence-corrected chi connectivity index (χ2v) is 17.6. The third-order valence-electron chi connectivity index (χ3n) is 10.3. The van der Waals surface area contributed by atoms with E-state index < -0.39 is 80.3 Å². The first-order valence-corrected chi connectivity index (χ1v) is 19.7. The quantitative estimate of drug-likeness (QED) is 0.334. The van der Waals surface area contributed by atoms with Crippen LogP contribution in [-0.2, 0) is 42.1 Å². The molecule has 5 atom stereocenters. The highest BCUT2D eigenvalue weighted by molar-refractivity contribution is 7.91. The van der Waals surface area contributed by atoms with Crippen LogP contribution >= 0.6 is 0 Å². The Morgan fingerprint density at radius 2 is 1.76 bits per heavy atom. The van der Waals surface area contributed by atoms with Crippen molar-refractivity contribution in [1.82, 2.24) is 30.5 Å². The summed E-state index contributed by atoms with van der Waals surface area (Å²) in [6, 6.07) is 5.24. The fourth-order valence-corrected chi connectivity index (χ4v) is 8.61. The van der Waals surface area contributed by atoms with E-state index in [0.29, 0.717) is 51.6 Å². The van der Waals surface area contributed by atoms with Gasteiger partial charge < -0.3 is 30.5 Å². The molecule has 0 bridgehead atoms. The van der Waals surface area contributed by atoms with Crippen molar-refractivity contribution < 1.29 is 37.1 Å². The number of carbonyl (C=O) groups excluding carboxylic acids is 5. The van der Waals surface area contributed by atoms with Crippen molar-refractivity contribution in [3.8, 4) is 0 Å². The molecule has 5 aliphatic rings. The number of hydrogen-bond acceptors (Lipinski definition) is 8. The van der Waals surface area contributed by atoms with E-state index in [1.807, 2.05) is 57.2 Å². The highest BCUT2D eigenvalue weighted by Gasteiger charge is 2.62. The average molecular weight is 727 g/mol. The van der Waals surface area contributed by atoms with Crippen molar-refractivity contribution in [2.75, 3.05) is 13.1 Å². The van der Waals surface area contributed by atoms with Crippen molar-refractivity contribution in [3.05, 3.63) is 47.5 Å². The van der Waals surface area contributed by atoms with Gasteiger partial charge in [0.15, 0.2) is 0 Å². The molecule has 4 N–H and O–H groups in total. The van der Waals surface area contributed by atoms with Crippen LogP contribution in [0, 0.1) is 5.92 Å². The van der Waals surface area contributed by atoms with Crippen LogP contribution in [-0.4, -0.2) is 95.7 Å². The van der Waals surface area contributed by atoms with E-state index in [0.717, 1.165) is 18.4 Å². The second-order valence-electron chi connectivity index (χ2n) is 15.6. The van der Waals surface area contributed by atoms with E-state index in [-0.39, 0.29) is 19.4 Å². The summed E-state index contributed by atoms with van der Waals surface area (Å²) in [6.07, 6.45) is 7.40. The molecule has 278 valence electrons. The molecule has 0 spiro atoms. The molecule has 3 heterocycles. The number of nitrogens with one attached hydrogen (secondary N) is 4. The smallest absolute Gasteiger partial charge is 0.410 e. The molecule has 14 nitrogen and oxygen atoms in total. The lowest BCUT2D eigenvalue weighted by Gasteiger charge is -2.31. The first-order valence-electron chi connectivity index (χ1n) is 18.1. The number of ether oxygens (including phenoxy) is 1. The molecule has 0 aromatic heterocycles. The largest absolute Gasteiger partial charge is 0.444 e. The average Bonchev–Trinajstić information content (AvgIpc) is 3.99. The van der Waals surface area contributed by atoms with E-state index in [4.69, 9.17) is 4.74 Å². The number of benzene rings is 1. The Balaban J connectivity index is 1.25. The maximum atomic E-state index is 14.3. The summed E-state index contributed by atoms with van der Waals surface area (Å²) in [4.78, 5) is 71.5. The molecule has 51 heavy (non-hydrogen) atoms. The SMILES string of the molecule is CC(C)(C)NC(=O)N[C@H]1CCCCCC=C[C@@H]2C[C@@]2(C(=O)NS(=O)(=O)C2CC2)NC(=O)[C@@H]2C[C@@H](OC(=O)N3CCc4ccccc4C3)CN2C1=O. The standard InChI is InChI=1S/C36H50N6O8S/c1-35(2,3)39-33(46)37-28-14-8-6-4-5-7-13-25-20-36(25,32(45)40-51(48,49)27-15-16-27)38-30(43)29-19-26(22-42(29)31(28)44)50-34(47)41-18-17-23-11-9-10-12-24(23)21-41/h7,9-13,25-29H,4-6,8,14-22H2,1-3H3,(H,38,43)(H,40,45)(H2,37,39,46)/t25-,26-,28+,29+,36-/m1/s1. The van der Waals surface area contributed by atoms with Crippen molar-refractivity contribution in [1.29, 1.82) is 0 Å². The topological polar surface area (TPSA) is 183 Å². The molecule has 6 amide bonds. The maximum Gasteiger partial charge on any atom is 0.410 e. The van der Waals surface area contributed by atoms with Crippen molar-refractivity contribution in [2.45, 2.75) is 126 Å². The summed E-state index contributed by atoms with van der Waals surface area (Å²) in [7, 11) is -3.89. The van der Waals surface area contributed by atoms with Gasteiger partial charge in [-0.1, -0.05) is 49.3 Å². The summed E-state index contributed by atoms with van der Waals surface area (Å²) in [6.45, 7) is 6.22. The number of nitrogens with zero attached hydrogens (tertiary/aromatic N) is 2. The minimum absolute atomic E-state index is 0.0345. The van der Waals surface area contributed by atoms with Gasteiger partial charge in [0.2, 0.25) is 21.8 Å². The van der Waals surface area contributed by atoms with Gasteiger partial charge >= 0.3 is 12.1 Å². The van der Waals surface area contributed by atoms with E-state index >= 15 is 0 Å². The van der Waals surface area contributed by atoms with Gasteiger partial charge in [-0.05, 0) is 76.8 Å². The molecule has 15 heteroatoms. The van der Waals surface area contributed by atoms with Gasteiger partial charge in [0.25, 0.3) is 5.91 Å². The van der Waals surface area contributed by atoms with Crippen LogP contribution < -0.4 is 20.7 Å². The highest BCUT2D eigenvalue weighted by atomic mass is 32.2. The first kappa shape index (κ1) is 36.6. The highest BCUT2D eigenvalue weighted by Crippen LogP contribution is 2.46. The number of carbonyl (C=O) groups is 5. The van der Waals surface area contributed by atoms with E-state index in [9.17, 15) is 32.4 Å². The van der Waals surface area contributed by atoms with Crippen molar-refractivity contribution in [3.63, 3.8) is 0 Å². The van der Waals surface area contributed by atoms with Crippen LogP contribution in [0.1, 0.15) is 89.7 Å². The minimum Gasteiger partial charge on any atom is -0.444 e. The van der Waals surface area contributed by atoms with Crippen LogP contribution in [0.5, 0.6) is 0 Å². The lowest BCUT2D eigenvalue weighted by atomic mass is 10.0. The number of allylic oxidation sites excluding steroid dienone is 1. The Bertz CT molecular complexity index is 1690. The normalized spacial score (nSPS) is 28.5. The molecular formula is C36H50N6O8S. The number of amides is 6. The van der Waals surface area contributed by atoms with Gasteiger partial charge in [0.05, 0.1) is 11.8 Å². The van der Waals surface area contributed by atoms with Gasteiger partial charge in [-0.25, -0.2) is 18.0 Å². The molecule has 0 radical (unpaired) electrons. The Hall–Kier alpha value is -4.14. The Morgan fingerprint density at radius 1 is 1.02 bits per heavy atom. The molecular weight excluding hydrogens is 676 g/mol. The predicted molar refractivity (Wildman–Crippen MR) is 187 cm³/mol. The Morgan fingerprint density at radius 3 is 2.49 bits per heavy atom. The zero-order valence-corrected chi connectivity index (χ0v) is 30.4. The van der Waals surface area contributed by atoms with Crippen LogP contribution in [0.2, 0.25) is 0 Å². The number of hydrogen-bond donors (Lipinski definition) is 4. The summed E-state index contributed by atoms with van der Waals surface area (Å²) < 4.78 is 33.7. The molecule has 3 fully saturated rings. The summed E-state index contributed by atoms with van der Waals surface area (Å²) >= 11 is 0. The molecule has 1 saturated heterocycles. The maximum absolute atomic E-state index is 14.3. The molecule has 2 saturated carbocycles. The van der Waals surface area contributed by atoms with Gasteiger partial charge in [-0.3, -0.25) is 19.1 Å². The summed E-state index contributed by atoms with van der Waals surface area (Å²) in [5.41, 5.74) is 0.120. The fraction of sp³-hybridized carbons (Fsp3) is 0.639. The van der Waals surface area contributed by atoms with Crippen molar-refractivity contribution in [2.24, 2.45) is 5.92 Å². The first-order chi connectivity index (χ1) is 24.1. The van der Waals surface area contributed by atoms with Gasteiger partial charge in [0, 0.05) is 31.0 Å². The van der Waals surface area contributed by atoms with Gasteiger partial charge in [-0.15, -0.1) is 0 Å². The molecule has 3 aliphatic heterocycles. The molecule has 1 aromatic rings. The predicted octanol–water partition coefficient (Wildman–Crippen LogP) is 2.62. The van der Waals surface area contributed by atoms with Crippen LogP contribution in [0.25, 0.3) is 0 Å². The van der Waals surface area contributed by atoms with E-state index in [1.165, 1.54) is 10.5 Å². The van der Waals surface area contributed by atoms with Crippen molar-refractivity contribution >= 4 is 39.9 Å². The minimum atomic E-state index is -3.89. The molecule has 6 rings (SSSR count). The Kier molecular flexibility index (Phi) is 10.4. The molecule has 2 aliphatic carbocycles. The Labute approximate surface area is 299 Å². The van der Waals surface area contributed by atoms with Gasteiger partial charge in [-0.2, -0.15) is 0 Å². The lowest BCUT2D eigenvalue weighted by Crippen LogP contribution is -2.59. The lowest BCUT2D eigenvalue weighted by molar-refractivity contribution is -0.141. The third kappa shape index (κ3) is 8.67. The fourth-order valence-electron chi connectivity index (χ4n) is 7.25. The molecule has 0 unspecified atom stereocenters. The van der Waals surface area contributed by atoms with Crippen LogP contribution in [0.4, 0.5) is 9.59 Å². The summed E-state index contributed by atoms with van der Waals surface area (Å²) in [5.74, 6) is -2.39. The van der Waals surface area contributed by atoms with E-state index in [2.05, 4.69) is 20.7 Å². The zero-order valence-electron chi connectivity index (χ0n) is 29.6. The van der Waals surface area contributed by atoms with Crippen LogP contribution in [0.3, 0.4) is 0 Å². The number of rotatable bonds is 5. The zero-order chi connectivity index (χ0) is 36.6. The summed E-state index contributed by atoms with van der Waals surface area (Å²) in [5, 5.41) is 7.85. The second kappa shape index (κ2) is 14.5. The van der Waals surface area contributed by atoms with Gasteiger partial charge in [0.1, 0.15) is 23.7 Å². The molecule has 1 aromatic carbocycles. The number of fused-ring (bicyclic) bond motifs is 3. The number of sulfonamides is 1.